The Labute approximate surface area is 203 Å². The molecule has 3 aromatic rings. The van der Waals surface area contributed by atoms with E-state index in [1.54, 1.807) is 17.3 Å². The minimum Gasteiger partial charge on any atom is -0.363 e. The lowest BCUT2D eigenvalue weighted by atomic mass is 10.1. The van der Waals surface area contributed by atoms with Crippen molar-refractivity contribution in [3.63, 3.8) is 0 Å². The van der Waals surface area contributed by atoms with Gasteiger partial charge in [0.15, 0.2) is 17.0 Å². The number of nitrogens with zero attached hydrogens (tertiary/aromatic N) is 7. The first-order valence-electron chi connectivity index (χ1n) is 12.2. The molecule has 1 saturated carbocycles. The van der Waals surface area contributed by atoms with E-state index in [0.717, 1.165) is 24.2 Å². The zero-order valence-electron chi connectivity index (χ0n) is 20.5. The molecule has 11 heteroatoms. The van der Waals surface area contributed by atoms with Crippen molar-refractivity contribution >= 4 is 28.8 Å². The molecule has 1 aliphatic heterocycles. The molecule has 1 aliphatic carbocycles. The Balaban J connectivity index is 1.44. The number of aromatic nitrogens is 6. The maximum absolute atomic E-state index is 13.0. The molecule has 1 unspecified atom stereocenters. The standard InChI is InChI=1S/C24H31N9O2/c1-5-32-21(16-9-25-14(4)26-10-16)31-19-20(27-12-28-22(19)32)30-17-8-18(23(34)29-13(2)3)33(11-17)24(35)15-6-7-15/h9-10,12-13,15,17-18H,5-8,11H2,1-4H3,(H,29,34)(H,27,28,30)/t17?,18-/m1/s1. The highest BCUT2D eigenvalue weighted by molar-refractivity contribution is 5.91. The number of hydrogen-bond donors (Lipinski definition) is 2. The molecule has 11 nitrogen and oxygen atoms in total. The molecule has 5 rings (SSSR count). The van der Waals surface area contributed by atoms with Gasteiger partial charge >= 0.3 is 0 Å². The first-order chi connectivity index (χ1) is 16.9. The predicted octanol–water partition coefficient (Wildman–Crippen LogP) is 1.93. The molecule has 2 N–H and O–H groups in total. The van der Waals surface area contributed by atoms with Crippen molar-refractivity contribution in [3.05, 3.63) is 24.5 Å². The Hall–Kier alpha value is -3.63. The van der Waals surface area contributed by atoms with Gasteiger partial charge in [-0.05, 0) is 47.0 Å². The first-order valence-corrected chi connectivity index (χ1v) is 12.2. The van der Waals surface area contributed by atoms with Gasteiger partial charge in [-0.15, -0.1) is 0 Å². The Morgan fingerprint density at radius 3 is 2.54 bits per heavy atom. The van der Waals surface area contributed by atoms with Gasteiger partial charge in [0.2, 0.25) is 11.8 Å². The first kappa shape index (κ1) is 23.1. The number of carbonyl (C=O) groups is 2. The minimum atomic E-state index is -0.492. The largest absolute Gasteiger partial charge is 0.363 e. The average Bonchev–Trinajstić information content (AvgIpc) is 3.48. The number of fused-ring (bicyclic) bond motifs is 1. The van der Waals surface area contributed by atoms with E-state index < -0.39 is 6.04 Å². The van der Waals surface area contributed by atoms with E-state index in [1.807, 2.05) is 32.3 Å². The smallest absolute Gasteiger partial charge is 0.243 e. The van der Waals surface area contributed by atoms with E-state index in [-0.39, 0.29) is 29.8 Å². The number of anilines is 1. The number of carbonyl (C=O) groups excluding carboxylic acids is 2. The number of nitrogens with one attached hydrogen (secondary N) is 2. The van der Waals surface area contributed by atoms with Crippen LogP contribution in [0.3, 0.4) is 0 Å². The highest BCUT2D eigenvalue weighted by Gasteiger charge is 2.44. The number of hydrogen-bond acceptors (Lipinski definition) is 8. The molecular formula is C24H31N9O2. The van der Waals surface area contributed by atoms with E-state index in [2.05, 4.69) is 30.6 Å². The Bertz CT molecular complexity index is 1250. The molecule has 2 aliphatic rings. The van der Waals surface area contributed by atoms with Gasteiger partial charge in [0.05, 0.1) is 5.56 Å². The highest BCUT2D eigenvalue weighted by Crippen LogP contribution is 2.35. The van der Waals surface area contributed by atoms with Gasteiger partial charge in [-0.3, -0.25) is 9.59 Å². The second-order valence-corrected chi connectivity index (χ2v) is 9.61. The van der Waals surface area contributed by atoms with Crippen molar-refractivity contribution in [1.29, 1.82) is 0 Å². The molecule has 0 spiro atoms. The second-order valence-electron chi connectivity index (χ2n) is 9.61. The summed E-state index contributed by atoms with van der Waals surface area (Å²) >= 11 is 0. The average molecular weight is 478 g/mol. The summed E-state index contributed by atoms with van der Waals surface area (Å²) in [6.07, 6.45) is 7.34. The third-order valence-corrected chi connectivity index (χ3v) is 6.47. The molecule has 184 valence electrons. The van der Waals surface area contributed by atoms with Crippen LogP contribution in [0.1, 0.15) is 45.9 Å². The molecule has 2 atom stereocenters. The molecular weight excluding hydrogens is 446 g/mol. The summed E-state index contributed by atoms with van der Waals surface area (Å²) < 4.78 is 2.01. The van der Waals surface area contributed by atoms with Gasteiger partial charge in [0.25, 0.3) is 0 Å². The molecule has 0 radical (unpaired) electrons. The summed E-state index contributed by atoms with van der Waals surface area (Å²) in [6, 6.07) is -0.610. The van der Waals surface area contributed by atoms with Crippen LogP contribution in [-0.4, -0.2) is 70.9 Å². The molecule has 1 saturated heterocycles. The van der Waals surface area contributed by atoms with Crippen molar-refractivity contribution in [1.82, 2.24) is 39.7 Å². The highest BCUT2D eigenvalue weighted by atomic mass is 16.2. The molecule has 3 aromatic heterocycles. The van der Waals surface area contributed by atoms with Gasteiger partial charge < -0.3 is 20.1 Å². The maximum atomic E-state index is 13.0. The lowest BCUT2D eigenvalue weighted by molar-refractivity contribution is -0.139. The Kier molecular flexibility index (Phi) is 6.08. The number of aryl methyl sites for hydroxylation is 2. The molecule has 2 fully saturated rings. The Morgan fingerprint density at radius 2 is 1.89 bits per heavy atom. The lowest BCUT2D eigenvalue weighted by Gasteiger charge is -2.24. The fourth-order valence-electron chi connectivity index (χ4n) is 4.64. The van der Waals surface area contributed by atoms with Gasteiger partial charge in [0, 0.05) is 43.5 Å². The van der Waals surface area contributed by atoms with Crippen LogP contribution in [0.15, 0.2) is 18.7 Å². The fraction of sp³-hybridized carbons (Fsp3) is 0.542. The van der Waals surface area contributed by atoms with Crippen LogP contribution < -0.4 is 10.6 Å². The van der Waals surface area contributed by atoms with E-state index in [4.69, 9.17) is 4.98 Å². The zero-order valence-corrected chi connectivity index (χ0v) is 20.5. The summed E-state index contributed by atoms with van der Waals surface area (Å²) in [6.45, 7) is 8.84. The van der Waals surface area contributed by atoms with E-state index in [9.17, 15) is 9.59 Å². The molecule has 0 bridgehead atoms. The van der Waals surface area contributed by atoms with Crippen LogP contribution in [-0.2, 0) is 16.1 Å². The third kappa shape index (κ3) is 4.54. The van der Waals surface area contributed by atoms with Crippen LogP contribution in [0.4, 0.5) is 5.82 Å². The summed E-state index contributed by atoms with van der Waals surface area (Å²) in [5, 5.41) is 6.43. The third-order valence-electron chi connectivity index (χ3n) is 6.47. The van der Waals surface area contributed by atoms with Gasteiger partial charge in [-0.25, -0.2) is 24.9 Å². The summed E-state index contributed by atoms with van der Waals surface area (Å²) in [4.78, 5) is 50.0. The lowest BCUT2D eigenvalue weighted by Crippen LogP contribution is -2.48. The van der Waals surface area contributed by atoms with Gasteiger partial charge in [-0.2, -0.15) is 0 Å². The normalized spacial score (nSPS) is 20.0. The molecule has 35 heavy (non-hydrogen) atoms. The maximum Gasteiger partial charge on any atom is 0.243 e. The van der Waals surface area contributed by atoms with Crippen LogP contribution in [0.5, 0.6) is 0 Å². The number of likely N-dealkylation sites (tertiary alicyclic amines) is 1. The van der Waals surface area contributed by atoms with Crippen LogP contribution >= 0.6 is 0 Å². The molecule has 2 amide bonds. The topological polar surface area (TPSA) is 131 Å². The molecule has 0 aromatic carbocycles. The van der Waals surface area contributed by atoms with Crippen LogP contribution in [0, 0.1) is 12.8 Å². The summed E-state index contributed by atoms with van der Waals surface area (Å²) in [7, 11) is 0. The zero-order chi connectivity index (χ0) is 24.7. The number of rotatable bonds is 7. The van der Waals surface area contributed by atoms with Crippen LogP contribution in [0.25, 0.3) is 22.6 Å². The van der Waals surface area contributed by atoms with E-state index >= 15 is 0 Å². The fourth-order valence-corrected chi connectivity index (χ4v) is 4.64. The minimum absolute atomic E-state index is 0.0102. The Morgan fingerprint density at radius 1 is 1.14 bits per heavy atom. The quantitative estimate of drug-likeness (QED) is 0.528. The van der Waals surface area contributed by atoms with E-state index in [0.29, 0.717) is 42.3 Å². The molecule has 4 heterocycles. The van der Waals surface area contributed by atoms with Gasteiger partial charge in [-0.1, -0.05) is 0 Å². The number of imidazole rings is 1. The van der Waals surface area contributed by atoms with Crippen molar-refractivity contribution in [2.75, 3.05) is 11.9 Å². The van der Waals surface area contributed by atoms with Crippen molar-refractivity contribution in [3.8, 4) is 11.4 Å². The van der Waals surface area contributed by atoms with Crippen molar-refractivity contribution in [2.45, 2.75) is 71.6 Å². The summed E-state index contributed by atoms with van der Waals surface area (Å²) in [5.41, 5.74) is 2.15. The van der Waals surface area contributed by atoms with Crippen molar-refractivity contribution in [2.24, 2.45) is 5.92 Å². The SMILES string of the molecule is CCn1c(-c2cnc(C)nc2)nc2c(NC3C[C@H](C(=O)NC(C)C)N(C(=O)C4CC4)C3)ncnc21. The van der Waals surface area contributed by atoms with E-state index in [1.165, 1.54) is 6.33 Å². The number of amides is 2. The predicted molar refractivity (Wildman–Crippen MR) is 130 cm³/mol. The van der Waals surface area contributed by atoms with Crippen LogP contribution in [0.2, 0.25) is 0 Å². The monoisotopic (exact) mass is 477 g/mol. The van der Waals surface area contributed by atoms with Gasteiger partial charge in [0.1, 0.15) is 24.0 Å². The second kappa shape index (κ2) is 9.20. The summed E-state index contributed by atoms with van der Waals surface area (Å²) in [5.74, 6) is 2.01. The van der Waals surface area contributed by atoms with Crippen molar-refractivity contribution < 1.29 is 9.59 Å².